The summed E-state index contributed by atoms with van der Waals surface area (Å²) in [6.45, 7) is 3.92. The third-order valence-electron chi connectivity index (χ3n) is 2.60. The van der Waals surface area contributed by atoms with Crippen LogP contribution in [0.2, 0.25) is 0 Å². The van der Waals surface area contributed by atoms with Gasteiger partial charge in [-0.05, 0) is 6.92 Å². The lowest BCUT2D eigenvalue weighted by molar-refractivity contribution is -0.153. The smallest absolute Gasteiger partial charge is 0.329 e. The number of carboxylic acids is 1. The van der Waals surface area contributed by atoms with Gasteiger partial charge in [0, 0.05) is 17.7 Å². The van der Waals surface area contributed by atoms with E-state index in [-0.39, 0.29) is 6.61 Å². The quantitative estimate of drug-likeness (QED) is 0.476. The number of carboxylic acid groups (broad SMARTS) is 1. The number of aliphatic carboxylic acids is 1. The van der Waals surface area contributed by atoms with Crippen molar-refractivity contribution in [3.05, 3.63) is 12.3 Å². The molecule has 6 nitrogen and oxygen atoms in total. The number of hydrogen-bond acceptors (Lipinski definition) is 4. The summed E-state index contributed by atoms with van der Waals surface area (Å²) in [5.74, 6) is -1.98. The number of aliphatic hydroxyl groups is 2. The fraction of sp³-hybridized carbons (Fsp3) is 0.600. The highest BCUT2D eigenvalue weighted by molar-refractivity contribution is 5.87. The second-order valence-corrected chi connectivity index (χ2v) is 4.26. The van der Waals surface area contributed by atoms with Crippen LogP contribution >= 0.6 is 0 Å². The van der Waals surface area contributed by atoms with E-state index in [2.05, 4.69) is 5.32 Å². The maximum atomic E-state index is 11.5. The van der Waals surface area contributed by atoms with Gasteiger partial charge in [0.1, 0.15) is 5.60 Å². The van der Waals surface area contributed by atoms with Gasteiger partial charge in [-0.25, -0.2) is 4.79 Å². The molecule has 0 saturated heterocycles. The highest BCUT2D eigenvalue weighted by Gasteiger charge is 2.44. The van der Waals surface area contributed by atoms with Crippen molar-refractivity contribution >= 4 is 11.9 Å². The maximum absolute atomic E-state index is 11.5. The summed E-state index contributed by atoms with van der Waals surface area (Å²) in [6.07, 6.45) is 1.66. The standard InChI is InChI=1S/C10H17NO5/c1-9(2,6-12)10(3,16)8(15)11-5-4-7(13)14/h4-5,12,16H,6H2,1-3H3,(H,11,15)(H,13,14)/b5-4+. The van der Waals surface area contributed by atoms with Crippen LogP contribution < -0.4 is 5.32 Å². The monoisotopic (exact) mass is 231 g/mol. The molecule has 0 rings (SSSR count). The molecule has 1 atom stereocenters. The van der Waals surface area contributed by atoms with E-state index in [1.165, 1.54) is 20.8 Å². The Kier molecular flexibility index (Phi) is 4.64. The first-order chi connectivity index (χ1) is 7.15. The van der Waals surface area contributed by atoms with Crippen molar-refractivity contribution in [1.82, 2.24) is 5.32 Å². The Labute approximate surface area is 93.6 Å². The van der Waals surface area contributed by atoms with E-state index < -0.39 is 22.9 Å². The summed E-state index contributed by atoms with van der Waals surface area (Å²) in [5.41, 5.74) is -2.83. The van der Waals surface area contributed by atoms with E-state index >= 15 is 0 Å². The van der Waals surface area contributed by atoms with Gasteiger partial charge in [-0.2, -0.15) is 0 Å². The largest absolute Gasteiger partial charge is 0.478 e. The molecule has 16 heavy (non-hydrogen) atoms. The van der Waals surface area contributed by atoms with Crippen LogP contribution in [0.25, 0.3) is 0 Å². The molecule has 4 N–H and O–H groups in total. The Hall–Kier alpha value is -1.40. The lowest BCUT2D eigenvalue weighted by Crippen LogP contribution is -2.54. The van der Waals surface area contributed by atoms with Gasteiger partial charge in [0.25, 0.3) is 5.91 Å². The van der Waals surface area contributed by atoms with Crippen LogP contribution in [0.4, 0.5) is 0 Å². The molecular weight excluding hydrogens is 214 g/mol. The van der Waals surface area contributed by atoms with Crippen LogP contribution in [0.3, 0.4) is 0 Å². The normalized spacial score (nSPS) is 15.8. The molecular formula is C10H17NO5. The Balaban J connectivity index is 4.66. The first kappa shape index (κ1) is 14.6. The van der Waals surface area contributed by atoms with Crippen molar-refractivity contribution in [3.8, 4) is 0 Å². The molecule has 1 unspecified atom stereocenters. The van der Waals surface area contributed by atoms with Gasteiger partial charge in [0.2, 0.25) is 0 Å². The number of carbonyl (C=O) groups excluding carboxylic acids is 1. The second-order valence-electron chi connectivity index (χ2n) is 4.26. The lowest BCUT2D eigenvalue weighted by Gasteiger charge is -2.36. The SMILES string of the molecule is CC(C)(CO)C(C)(O)C(=O)N/C=C/C(=O)O. The van der Waals surface area contributed by atoms with Crippen LogP contribution in [0.5, 0.6) is 0 Å². The average Bonchev–Trinajstić information content (AvgIpc) is 2.16. The highest BCUT2D eigenvalue weighted by Crippen LogP contribution is 2.30. The van der Waals surface area contributed by atoms with E-state index in [0.717, 1.165) is 12.3 Å². The average molecular weight is 231 g/mol. The zero-order chi connectivity index (χ0) is 13.0. The number of rotatable bonds is 5. The Morgan fingerprint density at radius 2 is 1.81 bits per heavy atom. The fourth-order valence-corrected chi connectivity index (χ4v) is 0.790. The van der Waals surface area contributed by atoms with Crippen LogP contribution in [0.15, 0.2) is 12.3 Å². The summed E-state index contributed by atoms with van der Waals surface area (Å²) >= 11 is 0. The maximum Gasteiger partial charge on any atom is 0.329 e. The van der Waals surface area contributed by atoms with Crippen molar-refractivity contribution < 1.29 is 24.9 Å². The fourth-order valence-electron chi connectivity index (χ4n) is 0.790. The zero-order valence-corrected chi connectivity index (χ0v) is 9.52. The molecule has 0 aliphatic heterocycles. The Bertz CT molecular complexity index is 306. The number of nitrogens with one attached hydrogen (secondary N) is 1. The van der Waals surface area contributed by atoms with Gasteiger partial charge in [0.05, 0.1) is 6.61 Å². The van der Waals surface area contributed by atoms with Crippen molar-refractivity contribution in [3.63, 3.8) is 0 Å². The third kappa shape index (κ3) is 3.32. The van der Waals surface area contributed by atoms with Gasteiger partial charge in [-0.1, -0.05) is 13.8 Å². The van der Waals surface area contributed by atoms with Gasteiger partial charge in [-0.15, -0.1) is 0 Å². The molecule has 0 fully saturated rings. The minimum atomic E-state index is -1.80. The number of carbonyl (C=O) groups is 2. The van der Waals surface area contributed by atoms with Gasteiger partial charge >= 0.3 is 5.97 Å². The van der Waals surface area contributed by atoms with E-state index in [0.29, 0.717) is 0 Å². The third-order valence-corrected chi connectivity index (χ3v) is 2.60. The number of aliphatic hydroxyl groups excluding tert-OH is 1. The predicted molar refractivity (Wildman–Crippen MR) is 56.4 cm³/mol. The second kappa shape index (κ2) is 5.09. The van der Waals surface area contributed by atoms with E-state index in [1.54, 1.807) is 0 Å². The molecule has 0 heterocycles. The molecule has 0 aromatic rings. The summed E-state index contributed by atoms with van der Waals surface area (Å²) < 4.78 is 0. The molecule has 0 aromatic heterocycles. The Morgan fingerprint density at radius 1 is 1.31 bits per heavy atom. The predicted octanol–water partition coefficient (Wildman–Crippen LogP) is -0.530. The van der Waals surface area contributed by atoms with Crippen molar-refractivity contribution in [1.29, 1.82) is 0 Å². The molecule has 0 bridgehead atoms. The van der Waals surface area contributed by atoms with Gasteiger partial charge in [-0.3, -0.25) is 4.79 Å². The van der Waals surface area contributed by atoms with Crippen molar-refractivity contribution in [2.75, 3.05) is 6.61 Å². The van der Waals surface area contributed by atoms with Crippen LogP contribution in [0, 0.1) is 5.41 Å². The molecule has 1 amide bonds. The first-order valence-electron chi connectivity index (χ1n) is 4.69. The van der Waals surface area contributed by atoms with Crippen molar-refractivity contribution in [2.24, 2.45) is 5.41 Å². The summed E-state index contributed by atoms with van der Waals surface area (Å²) in [5, 5.41) is 29.4. The highest BCUT2D eigenvalue weighted by atomic mass is 16.4. The summed E-state index contributed by atoms with van der Waals surface area (Å²) in [7, 11) is 0. The van der Waals surface area contributed by atoms with Crippen LogP contribution in [-0.2, 0) is 9.59 Å². The molecule has 0 aliphatic carbocycles. The molecule has 0 saturated carbocycles. The minimum absolute atomic E-state index is 0.379. The summed E-state index contributed by atoms with van der Waals surface area (Å²) in [4.78, 5) is 21.7. The Morgan fingerprint density at radius 3 is 2.19 bits per heavy atom. The molecule has 0 radical (unpaired) electrons. The zero-order valence-electron chi connectivity index (χ0n) is 9.52. The van der Waals surface area contributed by atoms with Crippen LogP contribution in [-0.4, -0.2) is 39.4 Å². The van der Waals surface area contributed by atoms with E-state index in [1.807, 2.05) is 0 Å². The first-order valence-corrected chi connectivity index (χ1v) is 4.69. The summed E-state index contributed by atoms with van der Waals surface area (Å²) in [6, 6.07) is 0. The van der Waals surface area contributed by atoms with E-state index in [4.69, 9.17) is 10.2 Å². The molecule has 0 aromatic carbocycles. The molecule has 6 heteroatoms. The number of hydrogen-bond donors (Lipinski definition) is 4. The number of amides is 1. The van der Waals surface area contributed by atoms with Crippen LogP contribution in [0.1, 0.15) is 20.8 Å². The van der Waals surface area contributed by atoms with Crippen molar-refractivity contribution in [2.45, 2.75) is 26.4 Å². The topological polar surface area (TPSA) is 107 Å². The lowest BCUT2D eigenvalue weighted by atomic mass is 9.76. The minimum Gasteiger partial charge on any atom is -0.478 e. The molecule has 92 valence electrons. The molecule has 0 aliphatic rings. The van der Waals surface area contributed by atoms with Gasteiger partial charge < -0.3 is 20.6 Å². The van der Waals surface area contributed by atoms with E-state index in [9.17, 15) is 14.7 Å². The van der Waals surface area contributed by atoms with Gasteiger partial charge in [0.15, 0.2) is 0 Å². The molecule has 0 spiro atoms.